The highest BCUT2D eigenvalue weighted by Gasteiger charge is 2.36. The number of carbonyl (C=O) groups excluding carboxylic acids is 1. The molecular weight excluding hydrogens is 300 g/mol. The first-order valence-corrected chi connectivity index (χ1v) is 9.48. The van der Waals surface area contributed by atoms with Crippen LogP contribution in [0.2, 0.25) is 0 Å². The fraction of sp³-hybridized carbons (Fsp3) is 0.562. The Balaban J connectivity index is 1.52. The van der Waals surface area contributed by atoms with Gasteiger partial charge in [0, 0.05) is 32.1 Å². The molecule has 2 fully saturated rings. The lowest BCUT2D eigenvalue weighted by Gasteiger charge is -2.34. The molecule has 1 aliphatic carbocycles. The number of hydrogen-bond donors (Lipinski definition) is 0. The SMILES string of the molecule is O=C(C1CC1)N1CCN(S(=O)(=O)CCc2ccccc2)CC1. The van der Waals surface area contributed by atoms with Gasteiger partial charge in [-0.2, -0.15) is 4.31 Å². The lowest BCUT2D eigenvalue weighted by molar-refractivity contribution is -0.133. The highest BCUT2D eigenvalue weighted by Crippen LogP contribution is 2.31. The van der Waals surface area contributed by atoms with Crippen LogP contribution in [-0.2, 0) is 21.2 Å². The number of carbonyl (C=O) groups is 1. The maximum atomic E-state index is 12.4. The molecule has 1 saturated carbocycles. The van der Waals surface area contributed by atoms with Gasteiger partial charge < -0.3 is 4.90 Å². The van der Waals surface area contributed by atoms with Crippen molar-refractivity contribution in [1.82, 2.24) is 9.21 Å². The van der Waals surface area contributed by atoms with Crippen molar-refractivity contribution in [2.75, 3.05) is 31.9 Å². The van der Waals surface area contributed by atoms with Crippen LogP contribution < -0.4 is 0 Å². The third kappa shape index (κ3) is 3.67. The smallest absolute Gasteiger partial charge is 0.225 e. The van der Waals surface area contributed by atoms with Gasteiger partial charge in [-0.3, -0.25) is 4.79 Å². The molecule has 1 saturated heterocycles. The van der Waals surface area contributed by atoms with E-state index >= 15 is 0 Å². The fourth-order valence-electron chi connectivity index (χ4n) is 2.80. The number of nitrogens with zero attached hydrogens (tertiary/aromatic N) is 2. The van der Waals surface area contributed by atoms with Gasteiger partial charge in [-0.15, -0.1) is 0 Å². The Morgan fingerprint density at radius 3 is 2.27 bits per heavy atom. The number of amides is 1. The maximum absolute atomic E-state index is 12.4. The molecule has 0 atom stereocenters. The predicted molar refractivity (Wildman–Crippen MR) is 84.8 cm³/mol. The van der Waals surface area contributed by atoms with Crippen molar-refractivity contribution in [3.05, 3.63) is 35.9 Å². The summed E-state index contributed by atoms with van der Waals surface area (Å²) in [4.78, 5) is 13.8. The number of rotatable bonds is 5. The molecule has 0 spiro atoms. The average Bonchev–Trinajstić information content (AvgIpc) is 3.38. The minimum absolute atomic E-state index is 0.133. The summed E-state index contributed by atoms with van der Waals surface area (Å²) in [5.74, 6) is 0.552. The van der Waals surface area contributed by atoms with Gasteiger partial charge in [0.2, 0.25) is 15.9 Å². The number of sulfonamides is 1. The molecule has 0 aromatic heterocycles. The van der Waals surface area contributed by atoms with Gasteiger partial charge in [0.25, 0.3) is 0 Å². The molecule has 22 heavy (non-hydrogen) atoms. The van der Waals surface area contributed by atoms with Gasteiger partial charge in [0.05, 0.1) is 5.75 Å². The van der Waals surface area contributed by atoms with E-state index in [4.69, 9.17) is 0 Å². The summed E-state index contributed by atoms with van der Waals surface area (Å²) in [6.45, 7) is 1.91. The van der Waals surface area contributed by atoms with Gasteiger partial charge in [-0.1, -0.05) is 30.3 Å². The zero-order valence-corrected chi connectivity index (χ0v) is 13.5. The molecule has 1 amide bonds. The molecule has 0 unspecified atom stereocenters. The molecule has 1 aliphatic heterocycles. The van der Waals surface area contributed by atoms with Gasteiger partial charge in [-0.25, -0.2) is 8.42 Å². The Morgan fingerprint density at radius 1 is 1.05 bits per heavy atom. The molecule has 5 nitrogen and oxygen atoms in total. The van der Waals surface area contributed by atoms with Crippen molar-refractivity contribution in [3.63, 3.8) is 0 Å². The van der Waals surface area contributed by atoms with E-state index in [1.807, 2.05) is 35.2 Å². The summed E-state index contributed by atoms with van der Waals surface area (Å²) in [6, 6.07) is 9.66. The number of piperazine rings is 1. The molecular formula is C16H22N2O3S. The molecule has 0 N–H and O–H groups in total. The van der Waals surface area contributed by atoms with Crippen LogP contribution in [0.4, 0.5) is 0 Å². The van der Waals surface area contributed by atoms with Gasteiger partial charge in [0.15, 0.2) is 0 Å². The standard InChI is InChI=1S/C16H22N2O3S/c19-16(15-6-7-15)17-9-11-18(12-10-17)22(20,21)13-8-14-4-2-1-3-5-14/h1-5,15H,6-13H2. The first-order valence-electron chi connectivity index (χ1n) is 7.87. The second-order valence-electron chi connectivity index (χ2n) is 6.05. The van der Waals surface area contributed by atoms with E-state index in [9.17, 15) is 13.2 Å². The summed E-state index contributed by atoms with van der Waals surface area (Å²) < 4.78 is 26.3. The third-order valence-electron chi connectivity index (χ3n) is 4.36. The quantitative estimate of drug-likeness (QED) is 0.816. The summed E-state index contributed by atoms with van der Waals surface area (Å²) in [6.07, 6.45) is 2.52. The van der Waals surface area contributed by atoms with Crippen LogP contribution in [0.25, 0.3) is 0 Å². The monoisotopic (exact) mass is 322 g/mol. The van der Waals surface area contributed by atoms with E-state index in [-0.39, 0.29) is 17.6 Å². The fourth-order valence-corrected chi connectivity index (χ4v) is 4.27. The van der Waals surface area contributed by atoms with Crippen LogP contribution in [0.5, 0.6) is 0 Å². The molecule has 1 aromatic rings. The van der Waals surface area contributed by atoms with Crippen molar-refractivity contribution in [3.8, 4) is 0 Å². The molecule has 0 radical (unpaired) electrons. The Morgan fingerprint density at radius 2 is 1.68 bits per heavy atom. The molecule has 3 rings (SSSR count). The topological polar surface area (TPSA) is 57.7 Å². The maximum Gasteiger partial charge on any atom is 0.225 e. The van der Waals surface area contributed by atoms with E-state index in [1.54, 1.807) is 0 Å². The Labute approximate surface area is 132 Å². The van der Waals surface area contributed by atoms with E-state index in [1.165, 1.54) is 4.31 Å². The number of aryl methyl sites for hydroxylation is 1. The van der Waals surface area contributed by atoms with Crippen LogP contribution in [0.15, 0.2) is 30.3 Å². The van der Waals surface area contributed by atoms with Crippen molar-refractivity contribution < 1.29 is 13.2 Å². The van der Waals surface area contributed by atoms with Gasteiger partial charge >= 0.3 is 0 Å². The second-order valence-corrected chi connectivity index (χ2v) is 8.14. The zero-order valence-electron chi connectivity index (χ0n) is 12.6. The molecule has 120 valence electrons. The molecule has 0 bridgehead atoms. The third-order valence-corrected chi connectivity index (χ3v) is 6.23. The minimum atomic E-state index is -3.24. The lowest BCUT2D eigenvalue weighted by Crippen LogP contribution is -2.51. The van der Waals surface area contributed by atoms with Crippen LogP contribution >= 0.6 is 0 Å². The van der Waals surface area contributed by atoms with Crippen LogP contribution in [-0.4, -0.2) is 55.5 Å². The van der Waals surface area contributed by atoms with Crippen LogP contribution in [0.1, 0.15) is 18.4 Å². The number of hydrogen-bond acceptors (Lipinski definition) is 3. The van der Waals surface area contributed by atoms with Crippen molar-refractivity contribution in [2.45, 2.75) is 19.3 Å². The highest BCUT2D eigenvalue weighted by atomic mass is 32.2. The largest absolute Gasteiger partial charge is 0.340 e. The molecule has 6 heteroatoms. The van der Waals surface area contributed by atoms with E-state index in [2.05, 4.69) is 0 Å². The summed E-state index contributed by atoms with van der Waals surface area (Å²) in [5, 5.41) is 0. The molecule has 1 aromatic carbocycles. The lowest BCUT2D eigenvalue weighted by atomic mass is 10.2. The summed E-state index contributed by atoms with van der Waals surface area (Å²) in [5.41, 5.74) is 1.04. The number of benzene rings is 1. The van der Waals surface area contributed by atoms with Crippen molar-refractivity contribution >= 4 is 15.9 Å². The Bertz CT molecular complexity index is 618. The van der Waals surface area contributed by atoms with Crippen LogP contribution in [0.3, 0.4) is 0 Å². The van der Waals surface area contributed by atoms with E-state index in [0.29, 0.717) is 32.6 Å². The zero-order chi connectivity index (χ0) is 15.6. The normalized spacial score (nSPS) is 20.1. The summed E-state index contributed by atoms with van der Waals surface area (Å²) >= 11 is 0. The van der Waals surface area contributed by atoms with Gasteiger partial charge in [-0.05, 0) is 24.8 Å². The second kappa shape index (κ2) is 6.38. The molecule has 1 heterocycles. The Hall–Kier alpha value is -1.40. The predicted octanol–water partition coefficient (Wildman–Crippen LogP) is 1.11. The summed E-state index contributed by atoms with van der Waals surface area (Å²) in [7, 11) is -3.24. The van der Waals surface area contributed by atoms with Gasteiger partial charge in [0.1, 0.15) is 0 Å². The van der Waals surface area contributed by atoms with Crippen LogP contribution in [0, 0.1) is 5.92 Å². The first-order chi connectivity index (χ1) is 10.6. The van der Waals surface area contributed by atoms with Crippen molar-refractivity contribution in [1.29, 1.82) is 0 Å². The highest BCUT2D eigenvalue weighted by molar-refractivity contribution is 7.89. The van der Waals surface area contributed by atoms with E-state index in [0.717, 1.165) is 18.4 Å². The molecule has 2 aliphatic rings. The average molecular weight is 322 g/mol. The minimum Gasteiger partial charge on any atom is -0.340 e. The van der Waals surface area contributed by atoms with E-state index < -0.39 is 10.0 Å². The van der Waals surface area contributed by atoms with Crippen molar-refractivity contribution in [2.24, 2.45) is 5.92 Å². The Kier molecular flexibility index (Phi) is 4.49. The first kappa shape index (κ1) is 15.5.